The van der Waals surface area contributed by atoms with Crippen LogP contribution in [-0.4, -0.2) is 25.3 Å². The molecule has 19 heavy (non-hydrogen) atoms. The van der Waals surface area contributed by atoms with E-state index in [1.54, 1.807) is 0 Å². The van der Waals surface area contributed by atoms with Crippen molar-refractivity contribution in [2.75, 3.05) is 19.8 Å². The minimum Gasteiger partial charge on any atom is -0.381 e. The second-order valence-electron chi connectivity index (χ2n) is 8.53. The van der Waals surface area contributed by atoms with Gasteiger partial charge in [-0.3, -0.25) is 0 Å². The molecule has 110 valence electrons. The van der Waals surface area contributed by atoms with Gasteiger partial charge in [0.25, 0.3) is 0 Å². The molecule has 0 aromatic heterocycles. The molecule has 2 saturated carbocycles. The van der Waals surface area contributed by atoms with Crippen LogP contribution in [0.4, 0.5) is 0 Å². The maximum Gasteiger partial charge on any atom is 0.0468 e. The third-order valence-electron chi connectivity index (χ3n) is 5.52. The van der Waals surface area contributed by atoms with E-state index in [4.69, 9.17) is 4.74 Å². The van der Waals surface area contributed by atoms with Crippen LogP contribution < -0.4 is 5.32 Å². The minimum atomic E-state index is 0.259. The van der Waals surface area contributed by atoms with Crippen LogP contribution in [0.3, 0.4) is 0 Å². The van der Waals surface area contributed by atoms with Gasteiger partial charge in [-0.1, -0.05) is 0 Å². The molecule has 0 amide bonds. The Morgan fingerprint density at radius 1 is 1.11 bits per heavy atom. The fourth-order valence-electron chi connectivity index (χ4n) is 4.40. The number of fused-ring (bicyclic) bond motifs is 1. The van der Waals surface area contributed by atoms with E-state index in [2.05, 4.69) is 26.1 Å². The predicted molar refractivity (Wildman–Crippen MR) is 79.2 cm³/mol. The van der Waals surface area contributed by atoms with E-state index in [9.17, 15) is 0 Å². The summed E-state index contributed by atoms with van der Waals surface area (Å²) in [4.78, 5) is 0. The number of rotatable bonds is 4. The summed E-state index contributed by atoms with van der Waals surface area (Å²) in [7, 11) is 0. The van der Waals surface area contributed by atoms with E-state index in [0.717, 1.165) is 31.0 Å². The van der Waals surface area contributed by atoms with Gasteiger partial charge in [-0.05, 0) is 82.5 Å². The van der Waals surface area contributed by atoms with Crippen LogP contribution in [0.25, 0.3) is 0 Å². The highest BCUT2D eigenvalue weighted by atomic mass is 16.5. The highest BCUT2D eigenvalue weighted by Gasteiger charge is 2.53. The average molecular weight is 265 g/mol. The summed E-state index contributed by atoms with van der Waals surface area (Å²) in [6.45, 7) is 10.1. The maximum atomic E-state index is 5.53. The standard InChI is InChI=1S/C17H31NO/c1-16(2,3)18-12-17(10-14-8-15(14)11-17)9-13-4-6-19-7-5-13/h13-15,18H,4-12H2,1-3H3. The smallest absolute Gasteiger partial charge is 0.0468 e. The van der Waals surface area contributed by atoms with Crippen molar-refractivity contribution in [3.63, 3.8) is 0 Å². The molecule has 0 aromatic rings. The first kappa shape index (κ1) is 13.9. The molecule has 1 aliphatic heterocycles. The van der Waals surface area contributed by atoms with E-state index >= 15 is 0 Å². The van der Waals surface area contributed by atoms with Crippen LogP contribution in [-0.2, 0) is 4.74 Å². The third-order valence-corrected chi connectivity index (χ3v) is 5.52. The number of nitrogens with one attached hydrogen (secondary N) is 1. The zero-order chi connectivity index (χ0) is 13.5. The summed E-state index contributed by atoms with van der Waals surface area (Å²) in [6, 6.07) is 0. The molecule has 0 aromatic carbocycles. The molecule has 2 unspecified atom stereocenters. The quantitative estimate of drug-likeness (QED) is 0.838. The van der Waals surface area contributed by atoms with Gasteiger partial charge in [-0.2, -0.15) is 0 Å². The topological polar surface area (TPSA) is 21.3 Å². The zero-order valence-electron chi connectivity index (χ0n) is 13.0. The van der Waals surface area contributed by atoms with Crippen LogP contribution in [0.2, 0.25) is 0 Å². The van der Waals surface area contributed by atoms with Crippen LogP contribution in [0, 0.1) is 23.2 Å². The first-order valence-electron chi connectivity index (χ1n) is 8.29. The van der Waals surface area contributed by atoms with E-state index in [-0.39, 0.29) is 5.54 Å². The van der Waals surface area contributed by atoms with Gasteiger partial charge in [0.2, 0.25) is 0 Å². The summed E-state index contributed by atoms with van der Waals surface area (Å²) in [5.74, 6) is 3.09. The Balaban J connectivity index is 1.59. The molecule has 0 bridgehead atoms. The molecule has 3 rings (SSSR count). The van der Waals surface area contributed by atoms with Gasteiger partial charge >= 0.3 is 0 Å². The van der Waals surface area contributed by atoms with E-state index in [1.807, 2.05) is 0 Å². The molecule has 1 heterocycles. The lowest BCUT2D eigenvalue weighted by Gasteiger charge is -2.38. The Morgan fingerprint density at radius 3 is 2.32 bits per heavy atom. The van der Waals surface area contributed by atoms with Crippen LogP contribution in [0.15, 0.2) is 0 Å². The van der Waals surface area contributed by atoms with Crippen molar-refractivity contribution in [3.05, 3.63) is 0 Å². The number of hydrogen-bond donors (Lipinski definition) is 1. The van der Waals surface area contributed by atoms with Crippen molar-refractivity contribution in [1.82, 2.24) is 5.32 Å². The van der Waals surface area contributed by atoms with Crippen molar-refractivity contribution in [1.29, 1.82) is 0 Å². The summed E-state index contributed by atoms with van der Waals surface area (Å²) in [6.07, 6.45) is 8.58. The Hall–Kier alpha value is -0.0800. The third kappa shape index (κ3) is 3.52. The monoisotopic (exact) mass is 265 g/mol. The summed E-state index contributed by atoms with van der Waals surface area (Å²) in [5.41, 5.74) is 0.873. The van der Waals surface area contributed by atoms with E-state index in [0.29, 0.717) is 5.41 Å². The van der Waals surface area contributed by atoms with Crippen molar-refractivity contribution in [2.45, 2.75) is 64.8 Å². The predicted octanol–water partition coefficient (Wildman–Crippen LogP) is 3.61. The first-order valence-corrected chi connectivity index (χ1v) is 8.29. The van der Waals surface area contributed by atoms with Crippen LogP contribution in [0.1, 0.15) is 59.3 Å². The zero-order valence-corrected chi connectivity index (χ0v) is 13.0. The molecule has 2 atom stereocenters. The van der Waals surface area contributed by atoms with Gasteiger partial charge in [0.15, 0.2) is 0 Å². The molecule has 0 spiro atoms. The molecule has 2 nitrogen and oxygen atoms in total. The highest BCUT2D eigenvalue weighted by Crippen LogP contribution is 2.62. The largest absolute Gasteiger partial charge is 0.381 e. The van der Waals surface area contributed by atoms with Crippen LogP contribution in [0.5, 0.6) is 0 Å². The molecular formula is C17H31NO. The maximum absolute atomic E-state index is 5.53. The normalized spacial score (nSPS) is 39.3. The second kappa shape index (κ2) is 5.04. The fraction of sp³-hybridized carbons (Fsp3) is 1.00. The summed E-state index contributed by atoms with van der Waals surface area (Å²) >= 11 is 0. The van der Waals surface area contributed by atoms with Gasteiger partial charge < -0.3 is 10.1 Å². The highest BCUT2D eigenvalue weighted by molar-refractivity contribution is 5.05. The van der Waals surface area contributed by atoms with E-state index < -0.39 is 0 Å². The Labute approximate surface area is 118 Å². The van der Waals surface area contributed by atoms with Crippen molar-refractivity contribution < 1.29 is 4.74 Å². The molecule has 1 saturated heterocycles. The molecule has 3 aliphatic rings. The van der Waals surface area contributed by atoms with Gasteiger partial charge in [-0.15, -0.1) is 0 Å². The Bertz CT molecular complexity index is 304. The fourth-order valence-corrected chi connectivity index (χ4v) is 4.40. The summed E-state index contributed by atoms with van der Waals surface area (Å²) < 4.78 is 5.53. The van der Waals surface area contributed by atoms with Crippen molar-refractivity contribution in [2.24, 2.45) is 23.2 Å². The number of ether oxygens (including phenoxy) is 1. The van der Waals surface area contributed by atoms with Crippen LogP contribution >= 0.6 is 0 Å². The number of hydrogen-bond acceptors (Lipinski definition) is 2. The average Bonchev–Trinajstić information content (AvgIpc) is 2.96. The van der Waals surface area contributed by atoms with Crippen molar-refractivity contribution >= 4 is 0 Å². The second-order valence-corrected chi connectivity index (χ2v) is 8.53. The van der Waals surface area contributed by atoms with Gasteiger partial charge in [0.05, 0.1) is 0 Å². The Morgan fingerprint density at radius 2 is 1.74 bits per heavy atom. The molecule has 2 aliphatic carbocycles. The molecule has 2 heteroatoms. The van der Waals surface area contributed by atoms with E-state index in [1.165, 1.54) is 45.1 Å². The SMILES string of the molecule is CC(C)(C)NCC1(CC2CCOCC2)CC2CC2C1. The molecular weight excluding hydrogens is 234 g/mol. The van der Waals surface area contributed by atoms with Crippen molar-refractivity contribution in [3.8, 4) is 0 Å². The molecule has 3 fully saturated rings. The van der Waals surface area contributed by atoms with Gasteiger partial charge in [0, 0.05) is 25.3 Å². The minimum absolute atomic E-state index is 0.259. The summed E-state index contributed by atoms with van der Waals surface area (Å²) in [5, 5.41) is 3.80. The lowest BCUT2D eigenvalue weighted by Crippen LogP contribution is -2.44. The first-order chi connectivity index (χ1) is 8.96. The lowest BCUT2D eigenvalue weighted by molar-refractivity contribution is 0.0435. The van der Waals surface area contributed by atoms with Gasteiger partial charge in [-0.25, -0.2) is 0 Å². The lowest BCUT2D eigenvalue weighted by atomic mass is 9.73. The van der Waals surface area contributed by atoms with Gasteiger partial charge in [0.1, 0.15) is 0 Å². The Kier molecular flexibility index (Phi) is 3.68. The molecule has 1 N–H and O–H groups in total. The molecule has 0 radical (unpaired) electrons.